The molecule has 2 aromatic rings. The topological polar surface area (TPSA) is 66.5 Å². The molecule has 1 aliphatic rings. The standard InChI is InChI=1S/C21H24F2N2O3S/c1-15(22)17-6-4-7-19(13-17)29(27,28)25-11-9-16(10-12-25)21(26)24-14-18-5-2-3-8-20(18)23/h2-8,13,15-16H,9-12,14H2,1H3,(H,24,26). The molecule has 0 radical (unpaired) electrons. The monoisotopic (exact) mass is 422 g/mol. The van der Waals surface area contributed by atoms with Gasteiger partial charge in [-0.1, -0.05) is 30.3 Å². The lowest BCUT2D eigenvalue weighted by Crippen LogP contribution is -2.42. The van der Waals surface area contributed by atoms with E-state index < -0.39 is 16.2 Å². The average molecular weight is 422 g/mol. The highest BCUT2D eigenvalue weighted by molar-refractivity contribution is 7.89. The summed E-state index contributed by atoms with van der Waals surface area (Å²) in [6.45, 7) is 1.86. The summed E-state index contributed by atoms with van der Waals surface area (Å²) in [6.07, 6.45) is -0.502. The highest BCUT2D eigenvalue weighted by atomic mass is 32.2. The molecule has 1 saturated heterocycles. The molecule has 0 saturated carbocycles. The van der Waals surface area contributed by atoms with E-state index in [4.69, 9.17) is 0 Å². The van der Waals surface area contributed by atoms with Crippen LogP contribution in [-0.2, 0) is 21.4 Å². The molecular weight excluding hydrogens is 398 g/mol. The van der Waals surface area contributed by atoms with Crippen molar-refractivity contribution in [3.05, 3.63) is 65.5 Å². The molecule has 0 bridgehead atoms. The minimum absolute atomic E-state index is 0.0574. The molecule has 1 unspecified atom stereocenters. The van der Waals surface area contributed by atoms with Gasteiger partial charge in [0.1, 0.15) is 12.0 Å². The molecule has 0 aliphatic carbocycles. The summed E-state index contributed by atoms with van der Waals surface area (Å²) in [5.41, 5.74) is 0.719. The number of alkyl halides is 1. The molecule has 5 nitrogen and oxygen atoms in total. The van der Waals surface area contributed by atoms with E-state index in [1.807, 2.05) is 0 Å². The van der Waals surface area contributed by atoms with Crippen molar-refractivity contribution in [2.24, 2.45) is 5.92 Å². The van der Waals surface area contributed by atoms with Crippen molar-refractivity contribution in [3.8, 4) is 0 Å². The molecule has 2 aromatic carbocycles. The zero-order valence-corrected chi connectivity index (χ0v) is 17.0. The van der Waals surface area contributed by atoms with E-state index in [-0.39, 0.29) is 42.2 Å². The lowest BCUT2D eigenvalue weighted by atomic mass is 9.97. The van der Waals surface area contributed by atoms with Gasteiger partial charge >= 0.3 is 0 Å². The van der Waals surface area contributed by atoms with E-state index in [1.54, 1.807) is 24.3 Å². The molecule has 8 heteroatoms. The van der Waals surface area contributed by atoms with Gasteiger partial charge in [0, 0.05) is 31.1 Å². The average Bonchev–Trinajstić information content (AvgIpc) is 2.73. The van der Waals surface area contributed by atoms with Crippen molar-refractivity contribution >= 4 is 15.9 Å². The third-order valence-electron chi connectivity index (χ3n) is 5.19. The number of sulfonamides is 1. The van der Waals surface area contributed by atoms with Crippen molar-refractivity contribution in [2.75, 3.05) is 13.1 Å². The van der Waals surface area contributed by atoms with Gasteiger partial charge in [0.25, 0.3) is 0 Å². The van der Waals surface area contributed by atoms with E-state index >= 15 is 0 Å². The number of carbonyl (C=O) groups is 1. The second-order valence-corrected chi connectivity index (χ2v) is 9.11. The van der Waals surface area contributed by atoms with Gasteiger partial charge in [-0.3, -0.25) is 4.79 Å². The molecule has 1 atom stereocenters. The number of carbonyl (C=O) groups excluding carboxylic acids is 1. The fraction of sp³-hybridized carbons (Fsp3) is 0.381. The van der Waals surface area contributed by atoms with Gasteiger partial charge in [-0.15, -0.1) is 0 Å². The molecular formula is C21H24F2N2O3S. The lowest BCUT2D eigenvalue weighted by Gasteiger charge is -2.30. The quantitative estimate of drug-likeness (QED) is 0.774. The smallest absolute Gasteiger partial charge is 0.243 e. The van der Waals surface area contributed by atoms with Crippen molar-refractivity contribution < 1.29 is 22.0 Å². The first kappa shape index (κ1) is 21.4. The SMILES string of the molecule is CC(F)c1cccc(S(=O)(=O)N2CCC(C(=O)NCc3ccccc3F)CC2)c1. The normalized spacial score (nSPS) is 17.1. The molecule has 1 amide bonds. The molecule has 1 fully saturated rings. The van der Waals surface area contributed by atoms with E-state index in [0.717, 1.165) is 0 Å². The van der Waals surface area contributed by atoms with Crippen LogP contribution < -0.4 is 5.32 Å². The second kappa shape index (κ2) is 9.00. The van der Waals surface area contributed by atoms with Crippen LogP contribution in [-0.4, -0.2) is 31.7 Å². The molecule has 1 N–H and O–H groups in total. The number of amides is 1. The summed E-state index contributed by atoms with van der Waals surface area (Å²) < 4.78 is 54.2. The van der Waals surface area contributed by atoms with E-state index in [0.29, 0.717) is 24.0 Å². The van der Waals surface area contributed by atoms with Crippen LogP contribution in [0.15, 0.2) is 53.4 Å². The first-order chi connectivity index (χ1) is 13.8. The van der Waals surface area contributed by atoms with E-state index in [1.165, 1.54) is 35.5 Å². The Labute approximate surface area is 169 Å². The Bertz CT molecular complexity index is 971. The first-order valence-corrected chi connectivity index (χ1v) is 11.0. The van der Waals surface area contributed by atoms with E-state index in [9.17, 15) is 22.0 Å². The van der Waals surface area contributed by atoms with Gasteiger partial charge in [0.05, 0.1) is 4.90 Å². The van der Waals surface area contributed by atoms with Gasteiger partial charge in [-0.2, -0.15) is 4.31 Å². The number of hydrogen-bond acceptors (Lipinski definition) is 3. The van der Waals surface area contributed by atoms with Gasteiger partial charge in [-0.25, -0.2) is 17.2 Å². The number of halogens is 2. The van der Waals surface area contributed by atoms with Gasteiger partial charge < -0.3 is 5.32 Å². The number of hydrogen-bond donors (Lipinski definition) is 1. The van der Waals surface area contributed by atoms with Gasteiger partial charge in [0.15, 0.2) is 0 Å². The number of rotatable bonds is 6. The summed E-state index contributed by atoms with van der Waals surface area (Å²) >= 11 is 0. The van der Waals surface area contributed by atoms with Crippen LogP contribution in [0, 0.1) is 11.7 Å². The summed E-state index contributed by atoms with van der Waals surface area (Å²) in [4.78, 5) is 12.4. The third kappa shape index (κ3) is 5.00. The molecule has 3 rings (SSSR count). The maximum atomic E-state index is 13.7. The van der Waals surface area contributed by atoms with Crippen LogP contribution in [0.3, 0.4) is 0 Å². The summed E-state index contributed by atoms with van der Waals surface area (Å²) in [5, 5.41) is 2.73. The van der Waals surface area contributed by atoms with E-state index in [2.05, 4.69) is 5.32 Å². The Morgan fingerprint density at radius 1 is 1.17 bits per heavy atom. The number of nitrogens with zero attached hydrogens (tertiary/aromatic N) is 1. The first-order valence-electron chi connectivity index (χ1n) is 9.54. The van der Waals surface area contributed by atoms with Crippen molar-refractivity contribution in [1.29, 1.82) is 0 Å². The fourth-order valence-corrected chi connectivity index (χ4v) is 4.92. The minimum atomic E-state index is -3.74. The predicted molar refractivity (Wildman–Crippen MR) is 106 cm³/mol. The lowest BCUT2D eigenvalue weighted by molar-refractivity contribution is -0.126. The Balaban J connectivity index is 1.59. The summed E-state index contributed by atoms with van der Waals surface area (Å²) in [5.74, 6) is -0.914. The van der Waals surface area contributed by atoms with Crippen LogP contribution in [0.2, 0.25) is 0 Å². The number of nitrogens with one attached hydrogen (secondary N) is 1. The highest BCUT2D eigenvalue weighted by Gasteiger charge is 2.32. The zero-order chi connectivity index (χ0) is 21.0. The Kier molecular flexibility index (Phi) is 6.64. The van der Waals surface area contributed by atoms with Gasteiger partial charge in [-0.05, 0) is 43.5 Å². The highest BCUT2D eigenvalue weighted by Crippen LogP contribution is 2.26. The molecule has 1 aliphatic heterocycles. The van der Waals surface area contributed by atoms with Crippen LogP contribution in [0.4, 0.5) is 8.78 Å². The third-order valence-corrected chi connectivity index (χ3v) is 7.09. The summed E-state index contributed by atoms with van der Waals surface area (Å²) in [6, 6.07) is 12.1. The van der Waals surface area contributed by atoms with Crippen molar-refractivity contribution in [2.45, 2.75) is 37.4 Å². The van der Waals surface area contributed by atoms with Crippen LogP contribution >= 0.6 is 0 Å². The molecule has 0 aromatic heterocycles. The maximum absolute atomic E-state index is 13.7. The van der Waals surface area contributed by atoms with Crippen LogP contribution in [0.1, 0.15) is 37.1 Å². The Morgan fingerprint density at radius 3 is 2.52 bits per heavy atom. The molecule has 156 valence electrons. The van der Waals surface area contributed by atoms with Gasteiger partial charge in [0.2, 0.25) is 15.9 Å². The fourth-order valence-electron chi connectivity index (χ4n) is 3.40. The molecule has 0 spiro atoms. The van der Waals surface area contributed by atoms with Crippen LogP contribution in [0.25, 0.3) is 0 Å². The molecule has 29 heavy (non-hydrogen) atoms. The molecule has 1 heterocycles. The van der Waals surface area contributed by atoms with Crippen molar-refractivity contribution in [3.63, 3.8) is 0 Å². The largest absolute Gasteiger partial charge is 0.352 e. The van der Waals surface area contributed by atoms with Crippen molar-refractivity contribution in [1.82, 2.24) is 9.62 Å². The maximum Gasteiger partial charge on any atom is 0.243 e. The Hall–Kier alpha value is -2.32. The number of benzene rings is 2. The Morgan fingerprint density at radius 2 is 1.86 bits per heavy atom. The number of piperidine rings is 1. The predicted octanol–water partition coefficient (Wildman–Crippen LogP) is 3.57. The minimum Gasteiger partial charge on any atom is -0.352 e. The van der Waals surface area contributed by atoms with Crippen LogP contribution in [0.5, 0.6) is 0 Å². The summed E-state index contributed by atoms with van der Waals surface area (Å²) in [7, 11) is -3.74. The second-order valence-electron chi connectivity index (χ2n) is 7.18. The zero-order valence-electron chi connectivity index (χ0n) is 16.1.